The van der Waals surface area contributed by atoms with E-state index in [2.05, 4.69) is 0 Å². The van der Waals surface area contributed by atoms with E-state index < -0.39 is 12.0 Å². The highest BCUT2D eigenvalue weighted by molar-refractivity contribution is 8.00. The van der Waals surface area contributed by atoms with Gasteiger partial charge in [-0.1, -0.05) is 19.4 Å². The quantitative estimate of drug-likeness (QED) is 0.519. The number of aliphatic carboxylic acids is 1. The molecule has 0 spiro atoms. The summed E-state index contributed by atoms with van der Waals surface area (Å²) in [6.07, 6.45) is 3.19. The highest BCUT2D eigenvalue weighted by Crippen LogP contribution is 2.27. The molecule has 1 aromatic rings. The number of hydrogen-bond donors (Lipinski definition) is 3. The monoisotopic (exact) mass is 369 g/mol. The molecule has 1 rings (SSSR count). The Morgan fingerprint density at radius 1 is 1.36 bits per heavy atom. The van der Waals surface area contributed by atoms with Gasteiger partial charge in [0.25, 0.3) is 0 Å². The second-order valence-corrected chi connectivity index (χ2v) is 7.27. The number of benzene rings is 1. The molecule has 0 aliphatic heterocycles. The van der Waals surface area contributed by atoms with Crippen LogP contribution >= 0.6 is 11.8 Å². The third-order valence-electron chi connectivity index (χ3n) is 3.83. The third kappa shape index (κ3) is 7.79. The lowest BCUT2D eigenvalue weighted by Gasteiger charge is -2.16. The Hall–Kier alpha value is -1.73. The van der Waals surface area contributed by atoms with Crippen molar-refractivity contribution >= 4 is 23.5 Å². The fourth-order valence-electron chi connectivity index (χ4n) is 2.39. The highest BCUT2D eigenvalue weighted by atomic mass is 32.2. The van der Waals surface area contributed by atoms with E-state index >= 15 is 0 Å². The fourth-order valence-corrected chi connectivity index (χ4v) is 3.72. The standard InChI is InChI=1S/C18H27NO5S/c1-3-4-14(25-11-15(19)18(22)23)10-13(20)7-5-12-6-8-16(21)17(9-12)24-2/h6,8-9,14-15,21H,3-5,7,10-11,19H2,1-2H3,(H,22,23). The zero-order valence-corrected chi connectivity index (χ0v) is 15.6. The van der Waals surface area contributed by atoms with Crippen molar-refractivity contribution in [1.82, 2.24) is 0 Å². The van der Waals surface area contributed by atoms with Gasteiger partial charge >= 0.3 is 5.97 Å². The number of carboxylic acid groups (broad SMARTS) is 1. The molecule has 2 unspecified atom stereocenters. The summed E-state index contributed by atoms with van der Waals surface area (Å²) in [4.78, 5) is 23.1. The molecule has 140 valence electrons. The van der Waals surface area contributed by atoms with Crippen molar-refractivity contribution in [1.29, 1.82) is 0 Å². The number of carboxylic acids is 1. The van der Waals surface area contributed by atoms with E-state index in [4.69, 9.17) is 15.6 Å². The number of ether oxygens (including phenoxy) is 1. The third-order valence-corrected chi connectivity index (χ3v) is 5.26. The van der Waals surface area contributed by atoms with Crippen LogP contribution in [0.2, 0.25) is 0 Å². The van der Waals surface area contributed by atoms with Crippen LogP contribution in [0, 0.1) is 0 Å². The van der Waals surface area contributed by atoms with Crippen LogP contribution in [0.5, 0.6) is 11.5 Å². The smallest absolute Gasteiger partial charge is 0.321 e. The first-order chi connectivity index (χ1) is 11.9. The number of nitrogens with two attached hydrogens (primary N) is 1. The van der Waals surface area contributed by atoms with Crippen molar-refractivity contribution in [2.24, 2.45) is 5.73 Å². The molecule has 2 atom stereocenters. The van der Waals surface area contributed by atoms with E-state index in [1.165, 1.54) is 18.9 Å². The van der Waals surface area contributed by atoms with Gasteiger partial charge in [-0.2, -0.15) is 11.8 Å². The normalized spacial score (nSPS) is 13.2. The number of ketones is 1. The zero-order valence-electron chi connectivity index (χ0n) is 14.7. The SMILES string of the molecule is CCCC(CC(=O)CCc1ccc(O)c(OC)c1)SCC(N)C(=O)O. The van der Waals surface area contributed by atoms with Gasteiger partial charge in [-0.05, 0) is 30.5 Å². The summed E-state index contributed by atoms with van der Waals surface area (Å²) in [6, 6.07) is 4.16. The van der Waals surface area contributed by atoms with E-state index in [0.717, 1.165) is 18.4 Å². The first kappa shape index (κ1) is 21.3. The Labute approximate surface area is 152 Å². The molecule has 7 heteroatoms. The summed E-state index contributed by atoms with van der Waals surface area (Å²) in [5.41, 5.74) is 6.45. The van der Waals surface area contributed by atoms with Crippen LogP contribution in [-0.2, 0) is 16.0 Å². The van der Waals surface area contributed by atoms with Crippen LogP contribution in [0.4, 0.5) is 0 Å². The first-order valence-corrected chi connectivity index (χ1v) is 9.39. The van der Waals surface area contributed by atoms with Gasteiger partial charge in [-0.25, -0.2) is 0 Å². The van der Waals surface area contributed by atoms with E-state index in [0.29, 0.717) is 30.8 Å². The number of carbonyl (C=O) groups excluding carboxylic acids is 1. The van der Waals surface area contributed by atoms with Gasteiger partial charge in [-0.15, -0.1) is 0 Å². The minimum absolute atomic E-state index is 0.0757. The van der Waals surface area contributed by atoms with Crippen LogP contribution in [-0.4, -0.2) is 46.1 Å². The first-order valence-electron chi connectivity index (χ1n) is 8.34. The number of thioether (sulfide) groups is 1. The number of phenols is 1. The molecule has 0 aromatic heterocycles. The Morgan fingerprint density at radius 3 is 2.68 bits per heavy atom. The fraction of sp³-hybridized carbons (Fsp3) is 0.556. The molecule has 0 amide bonds. The summed E-state index contributed by atoms with van der Waals surface area (Å²) < 4.78 is 5.06. The summed E-state index contributed by atoms with van der Waals surface area (Å²) in [6.45, 7) is 2.04. The van der Waals surface area contributed by atoms with Crippen molar-refractivity contribution in [3.8, 4) is 11.5 Å². The lowest BCUT2D eigenvalue weighted by atomic mass is 10.0. The molecule has 6 nitrogen and oxygen atoms in total. The lowest BCUT2D eigenvalue weighted by molar-refractivity contribution is -0.137. The molecule has 1 aromatic carbocycles. The van der Waals surface area contributed by atoms with Crippen molar-refractivity contribution in [2.75, 3.05) is 12.9 Å². The lowest BCUT2D eigenvalue weighted by Crippen LogP contribution is -2.33. The summed E-state index contributed by atoms with van der Waals surface area (Å²) in [5.74, 6) is -0.0985. The van der Waals surface area contributed by atoms with Gasteiger partial charge in [0.1, 0.15) is 11.8 Å². The number of methoxy groups -OCH3 is 1. The molecule has 0 radical (unpaired) electrons. The zero-order chi connectivity index (χ0) is 18.8. The van der Waals surface area contributed by atoms with E-state index in [9.17, 15) is 14.7 Å². The van der Waals surface area contributed by atoms with Crippen LogP contribution in [0.1, 0.15) is 38.2 Å². The van der Waals surface area contributed by atoms with Crippen LogP contribution in [0.15, 0.2) is 18.2 Å². The van der Waals surface area contributed by atoms with Gasteiger partial charge in [0.2, 0.25) is 0 Å². The highest BCUT2D eigenvalue weighted by Gasteiger charge is 2.18. The number of Topliss-reactive ketones (excluding diaryl/α,β-unsaturated/α-hetero) is 1. The molecule has 4 N–H and O–H groups in total. The summed E-state index contributed by atoms with van der Waals surface area (Å²) in [7, 11) is 1.48. The number of aryl methyl sites for hydroxylation is 1. The topological polar surface area (TPSA) is 110 Å². The maximum atomic E-state index is 12.3. The van der Waals surface area contributed by atoms with Crippen LogP contribution in [0.25, 0.3) is 0 Å². The van der Waals surface area contributed by atoms with Gasteiger partial charge in [0.05, 0.1) is 7.11 Å². The Bertz CT molecular complexity index is 579. The molecule has 0 bridgehead atoms. The van der Waals surface area contributed by atoms with Crippen molar-refractivity contribution < 1.29 is 24.5 Å². The van der Waals surface area contributed by atoms with Gasteiger partial charge in [0.15, 0.2) is 11.5 Å². The Balaban J connectivity index is 2.50. The second-order valence-electron chi connectivity index (χ2n) is 5.94. The minimum Gasteiger partial charge on any atom is -0.504 e. The van der Waals surface area contributed by atoms with Gasteiger partial charge < -0.3 is 20.7 Å². The van der Waals surface area contributed by atoms with Crippen molar-refractivity contribution in [3.63, 3.8) is 0 Å². The molecule has 25 heavy (non-hydrogen) atoms. The number of phenolic OH excluding ortho intramolecular Hbond substituents is 1. The van der Waals surface area contributed by atoms with Gasteiger partial charge in [0, 0.05) is 23.8 Å². The molecule has 0 saturated carbocycles. The average molecular weight is 369 g/mol. The number of aromatic hydroxyl groups is 1. The predicted molar refractivity (Wildman–Crippen MR) is 99.4 cm³/mol. The molecule has 0 aliphatic rings. The molecular weight excluding hydrogens is 342 g/mol. The summed E-state index contributed by atoms with van der Waals surface area (Å²) >= 11 is 1.46. The number of hydrogen-bond acceptors (Lipinski definition) is 6. The van der Waals surface area contributed by atoms with E-state index in [1.54, 1.807) is 18.2 Å². The Morgan fingerprint density at radius 2 is 2.08 bits per heavy atom. The van der Waals surface area contributed by atoms with E-state index in [1.807, 2.05) is 6.92 Å². The second kappa shape index (κ2) is 11.0. The molecule has 0 saturated heterocycles. The molecular formula is C18H27NO5S. The Kier molecular flexibility index (Phi) is 9.37. The molecule has 0 aliphatic carbocycles. The maximum Gasteiger partial charge on any atom is 0.321 e. The molecule has 0 heterocycles. The van der Waals surface area contributed by atoms with Crippen LogP contribution in [0.3, 0.4) is 0 Å². The number of carbonyl (C=O) groups is 2. The maximum absolute atomic E-state index is 12.3. The van der Waals surface area contributed by atoms with E-state index in [-0.39, 0.29) is 16.8 Å². The van der Waals surface area contributed by atoms with Crippen molar-refractivity contribution in [3.05, 3.63) is 23.8 Å². The summed E-state index contributed by atoms with van der Waals surface area (Å²) in [5, 5.41) is 18.5. The van der Waals surface area contributed by atoms with Crippen LogP contribution < -0.4 is 10.5 Å². The number of rotatable bonds is 12. The van der Waals surface area contributed by atoms with Gasteiger partial charge in [-0.3, -0.25) is 9.59 Å². The molecule has 0 fully saturated rings. The van der Waals surface area contributed by atoms with Crippen molar-refractivity contribution in [2.45, 2.75) is 50.3 Å². The predicted octanol–water partition coefficient (Wildman–Crippen LogP) is 2.61. The largest absolute Gasteiger partial charge is 0.504 e. The minimum atomic E-state index is -1.02. The average Bonchev–Trinajstić information content (AvgIpc) is 2.58.